The molecule has 8 nitrogen and oxygen atoms in total. The molecule has 110 valence electrons. The summed E-state index contributed by atoms with van der Waals surface area (Å²) in [6.07, 6.45) is 0. The van der Waals surface area contributed by atoms with E-state index in [9.17, 15) is 14.5 Å². The molecule has 0 saturated carbocycles. The fourth-order valence-electron chi connectivity index (χ4n) is 1.79. The van der Waals surface area contributed by atoms with E-state index in [0.717, 1.165) is 0 Å². The number of rotatable bonds is 4. The fourth-order valence-corrected chi connectivity index (χ4v) is 1.79. The van der Waals surface area contributed by atoms with Crippen LogP contribution in [0.3, 0.4) is 0 Å². The number of hydrazine groups is 1. The van der Waals surface area contributed by atoms with Gasteiger partial charge in [-0.2, -0.15) is 4.98 Å². The minimum atomic E-state index is -0.605. The molecule has 0 aliphatic heterocycles. The van der Waals surface area contributed by atoms with Gasteiger partial charge >= 0.3 is 5.69 Å². The Kier molecular flexibility index (Phi) is 3.94. The summed E-state index contributed by atoms with van der Waals surface area (Å²) in [6, 6.07) is 4.08. The first kappa shape index (κ1) is 14.6. The summed E-state index contributed by atoms with van der Waals surface area (Å²) in [5.41, 5.74) is 3.16. The summed E-state index contributed by atoms with van der Waals surface area (Å²) < 4.78 is 13.3. The van der Waals surface area contributed by atoms with Gasteiger partial charge in [0.15, 0.2) is 0 Å². The minimum absolute atomic E-state index is 0.0228. The second kappa shape index (κ2) is 5.67. The Labute approximate surface area is 119 Å². The topological polar surface area (TPSA) is 119 Å². The molecule has 0 spiro atoms. The van der Waals surface area contributed by atoms with Crippen molar-refractivity contribution in [3.63, 3.8) is 0 Å². The second-order valence-corrected chi connectivity index (χ2v) is 4.32. The van der Waals surface area contributed by atoms with E-state index in [1.807, 2.05) is 0 Å². The number of nitro groups is 1. The fraction of sp³-hybridized carbons (Fsp3) is 0.167. The lowest BCUT2D eigenvalue weighted by molar-refractivity contribution is -0.385. The number of nitrogens with two attached hydrogens (primary N) is 1. The van der Waals surface area contributed by atoms with Crippen molar-refractivity contribution in [2.24, 2.45) is 5.84 Å². The monoisotopic (exact) mass is 292 g/mol. The van der Waals surface area contributed by atoms with Crippen LogP contribution in [0.4, 0.5) is 27.5 Å². The SMILES string of the molecule is Cc1ccc(F)cc1Nc1nc(NN)nc(C)c1[N+](=O)[O-]. The zero-order valence-corrected chi connectivity index (χ0v) is 11.3. The van der Waals surface area contributed by atoms with Crippen LogP contribution < -0.4 is 16.6 Å². The molecule has 0 atom stereocenters. The van der Waals surface area contributed by atoms with Gasteiger partial charge in [-0.15, -0.1) is 0 Å². The van der Waals surface area contributed by atoms with E-state index in [1.165, 1.54) is 19.1 Å². The number of nitrogen functional groups attached to an aromatic ring is 1. The number of aromatic nitrogens is 2. The number of halogens is 1. The zero-order chi connectivity index (χ0) is 15.6. The highest BCUT2D eigenvalue weighted by molar-refractivity contribution is 5.69. The van der Waals surface area contributed by atoms with Gasteiger partial charge in [-0.1, -0.05) is 6.07 Å². The van der Waals surface area contributed by atoms with E-state index in [2.05, 4.69) is 20.7 Å². The lowest BCUT2D eigenvalue weighted by Crippen LogP contribution is -2.13. The predicted molar refractivity (Wildman–Crippen MR) is 75.7 cm³/mol. The van der Waals surface area contributed by atoms with Crippen LogP contribution in [0, 0.1) is 29.8 Å². The maximum absolute atomic E-state index is 13.3. The van der Waals surface area contributed by atoms with Crippen molar-refractivity contribution < 1.29 is 9.31 Å². The maximum Gasteiger partial charge on any atom is 0.332 e. The molecule has 2 rings (SSSR count). The third-order valence-electron chi connectivity index (χ3n) is 2.82. The normalized spacial score (nSPS) is 10.3. The molecule has 1 aromatic carbocycles. The van der Waals surface area contributed by atoms with Crippen LogP contribution in [-0.4, -0.2) is 14.9 Å². The number of benzene rings is 1. The van der Waals surface area contributed by atoms with Crippen molar-refractivity contribution in [3.05, 3.63) is 45.4 Å². The van der Waals surface area contributed by atoms with Crippen LogP contribution in [0.1, 0.15) is 11.3 Å². The molecule has 0 saturated heterocycles. The largest absolute Gasteiger partial charge is 0.334 e. The Morgan fingerprint density at radius 3 is 2.67 bits per heavy atom. The van der Waals surface area contributed by atoms with Crippen molar-refractivity contribution >= 4 is 23.1 Å². The molecule has 0 aliphatic carbocycles. The lowest BCUT2D eigenvalue weighted by atomic mass is 10.2. The molecule has 0 radical (unpaired) electrons. The number of nitrogens with zero attached hydrogens (tertiary/aromatic N) is 3. The van der Waals surface area contributed by atoms with Crippen LogP contribution in [0.25, 0.3) is 0 Å². The summed E-state index contributed by atoms with van der Waals surface area (Å²) in [5.74, 6) is 4.73. The van der Waals surface area contributed by atoms with Crippen molar-refractivity contribution in [1.29, 1.82) is 0 Å². The smallest absolute Gasteiger partial charge is 0.332 e. The molecule has 2 aromatic rings. The zero-order valence-electron chi connectivity index (χ0n) is 11.3. The average molecular weight is 292 g/mol. The van der Waals surface area contributed by atoms with Crippen molar-refractivity contribution in [3.8, 4) is 0 Å². The Morgan fingerprint density at radius 2 is 2.05 bits per heavy atom. The summed E-state index contributed by atoms with van der Waals surface area (Å²) in [7, 11) is 0. The van der Waals surface area contributed by atoms with Crippen LogP contribution in [0.2, 0.25) is 0 Å². The molecule has 0 unspecified atom stereocenters. The Morgan fingerprint density at radius 1 is 1.33 bits per heavy atom. The molecule has 1 aromatic heterocycles. The highest BCUT2D eigenvalue weighted by Gasteiger charge is 2.22. The number of anilines is 3. The highest BCUT2D eigenvalue weighted by Crippen LogP contribution is 2.30. The average Bonchev–Trinajstić information content (AvgIpc) is 2.41. The first-order valence-electron chi connectivity index (χ1n) is 5.95. The minimum Gasteiger partial charge on any atom is -0.334 e. The van der Waals surface area contributed by atoms with Gasteiger partial charge in [-0.3, -0.25) is 15.5 Å². The molecule has 9 heteroatoms. The second-order valence-electron chi connectivity index (χ2n) is 4.32. The van der Waals surface area contributed by atoms with Gasteiger partial charge in [0.1, 0.15) is 11.5 Å². The molecule has 0 amide bonds. The number of nitrogens with one attached hydrogen (secondary N) is 2. The summed E-state index contributed by atoms with van der Waals surface area (Å²) >= 11 is 0. The molecule has 1 heterocycles. The number of hydrogen-bond acceptors (Lipinski definition) is 7. The molecule has 0 fully saturated rings. The first-order chi connectivity index (χ1) is 9.92. The third-order valence-corrected chi connectivity index (χ3v) is 2.82. The number of hydrogen-bond donors (Lipinski definition) is 3. The number of aryl methyl sites for hydroxylation is 2. The van der Waals surface area contributed by atoms with Crippen LogP contribution >= 0.6 is 0 Å². The van der Waals surface area contributed by atoms with E-state index in [1.54, 1.807) is 13.0 Å². The molecule has 0 bridgehead atoms. The molecule has 4 N–H and O–H groups in total. The molecular formula is C12H13FN6O2. The Balaban J connectivity index is 2.54. The standard InChI is InChI=1S/C12H13FN6O2/c1-6-3-4-8(13)5-9(6)16-11-10(19(20)21)7(2)15-12(17-11)18-14/h3-5H,14H2,1-2H3,(H2,15,16,17,18). The van der Waals surface area contributed by atoms with E-state index in [-0.39, 0.29) is 23.1 Å². The van der Waals surface area contributed by atoms with E-state index >= 15 is 0 Å². The highest BCUT2D eigenvalue weighted by atomic mass is 19.1. The summed E-state index contributed by atoms with van der Waals surface area (Å²) in [6.45, 7) is 3.20. The van der Waals surface area contributed by atoms with E-state index < -0.39 is 10.7 Å². The summed E-state index contributed by atoms with van der Waals surface area (Å²) in [4.78, 5) is 18.3. The van der Waals surface area contributed by atoms with Crippen molar-refractivity contribution in [2.75, 3.05) is 10.7 Å². The Bertz CT molecular complexity index is 706. The third kappa shape index (κ3) is 3.03. The van der Waals surface area contributed by atoms with Gasteiger partial charge < -0.3 is 5.32 Å². The van der Waals surface area contributed by atoms with Gasteiger partial charge in [-0.05, 0) is 31.5 Å². The Hall–Kier alpha value is -2.81. The van der Waals surface area contributed by atoms with Gasteiger partial charge in [0, 0.05) is 5.69 Å². The maximum atomic E-state index is 13.3. The first-order valence-corrected chi connectivity index (χ1v) is 5.95. The van der Waals surface area contributed by atoms with E-state index in [4.69, 9.17) is 5.84 Å². The quantitative estimate of drug-likeness (QED) is 0.449. The van der Waals surface area contributed by atoms with Gasteiger partial charge in [-0.25, -0.2) is 15.2 Å². The van der Waals surface area contributed by atoms with E-state index in [0.29, 0.717) is 11.3 Å². The van der Waals surface area contributed by atoms with Crippen LogP contribution in [0.15, 0.2) is 18.2 Å². The summed E-state index contributed by atoms with van der Waals surface area (Å²) in [5, 5.41) is 13.9. The molecular weight excluding hydrogens is 279 g/mol. The predicted octanol–water partition coefficient (Wildman–Crippen LogP) is 2.17. The van der Waals surface area contributed by atoms with Crippen molar-refractivity contribution in [2.45, 2.75) is 13.8 Å². The lowest BCUT2D eigenvalue weighted by Gasteiger charge is -2.11. The molecule has 21 heavy (non-hydrogen) atoms. The van der Waals surface area contributed by atoms with Crippen LogP contribution in [-0.2, 0) is 0 Å². The van der Waals surface area contributed by atoms with Crippen molar-refractivity contribution in [1.82, 2.24) is 9.97 Å². The van der Waals surface area contributed by atoms with Gasteiger partial charge in [0.2, 0.25) is 11.8 Å². The molecule has 0 aliphatic rings. The van der Waals surface area contributed by atoms with Gasteiger partial charge in [0.25, 0.3) is 0 Å². The van der Waals surface area contributed by atoms with Gasteiger partial charge in [0.05, 0.1) is 4.92 Å². The van der Waals surface area contributed by atoms with Crippen LogP contribution in [0.5, 0.6) is 0 Å².